The van der Waals surface area contributed by atoms with Crippen LogP contribution >= 0.6 is 11.6 Å². The minimum Gasteiger partial charge on any atom is -0.489 e. The van der Waals surface area contributed by atoms with Gasteiger partial charge in [0.15, 0.2) is 9.84 Å². The molecule has 4 nitrogen and oxygen atoms in total. The van der Waals surface area contributed by atoms with Crippen LogP contribution in [0.2, 0.25) is 5.02 Å². The summed E-state index contributed by atoms with van der Waals surface area (Å²) in [6, 6.07) is 13.1. The SMILES string of the molecule is CS(=O)(=O)c1ccc(OCc2ccc(C#N)cc2Cl)cc1. The van der Waals surface area contributed by atoms with Crippen LogP contribution in [-0.4, -0.2) is 14.7 Å². The maximum atomic E-state index is 11.3. The summed E-state index contributed by atoms with van der Waals surface area (Å²) in [6.07, 6.45) is 1.15. The van der Waals surface area contributed by atoms with E-state index in [0.29, 0.717) is 16.3 Å². The molecule has 0 spiro atoms. The number of rotatable bonds is 4. The number of nitriles is 1. The zero-order valence-electron chi connectivity index (χ0n) is 11.2. The summed E-state index contributed by atoms with van der Waals surface area (Å²) in [6.45, 7) is 0.239. The van der Waals surface area contributed by atoms with Gasteiger partial charge in [0, 0.05) is 16.8 Å². The molecule has 6 heteroatoms. The van der Waals surface area contributed by atoms with Crippen molar-refractivity contribution in [3.05, 3.63) is 58.6 Å². The van der Waals surface area contributed by atoms with E-state index >= 15 is 0 Å². The van der Waals surface area contributed by atoms with E-state index in [1.807, 2.05) is 6.07 Å². The van der Waals surface area contributed by atoms with Crippen molar-refractivity contribution in [2.45, 2.75) is 11.5 Å². The largest absolute Gasteiger partial charge is 0.489 e. The normalized spacial score (nSPS) is 10.9. The molecule has 0 aliphatic heterocycles. The zero-order chi connectivity index (χ0) is 15.5. The first kappa shape index (κ1) is 15.4. The highest BCUT2D eigenvalue weighted by molar-refractivity contribution is 7.90. The second-order valence-electron chi connectivity index (χ2n) is 4.45. The van der Waals surface area contributed by atoms with Gasteiger partial charge in [0.2, 0.25) is 0 Å². The maximum Gasteiger partial charge on any atom is 0.175 e. The molecular weight excluding hydrogens is 310 g/mol. The summed E-state index contributed by atoms with van der Waals surface area (Å²) in [4.78, 5) is 0.242. The van der Waals surface area contributed by atoms with Gasteiger partial charge in [0.05, 0.1) is 16.5 Å². The lowest BCUT2D eigenvalue weighted by molar-refractivity contribution is 0.306. The van der Waals surface area contributed by atoms with Gasteiger partial charge in [-0.3, -0.25) is 0 Å². The Kier molecular flexibility index (Phi) is 4.51. The standard InChI is InChI=1S/C15H12ClNO3S/c1-21(18,19)14-6-4-13(5-7-14)20-10-12-3-2-11(9-17)8-15(12)16/h2-8H,10H2,1H3. The van der Waals surface area contributed by atoms with Gasteiger partial charge in [-0.2, -0.15) is 5.26 Å². The van der Waals surface area contributed by atoms with Crippen molar-refractivity contribution in [2.75, 3.05) is 6.26 Å². The van der Waals surface area contributed by atoms with E-state index in [9.17, 15) is 8.42 Å². The molecule has 0 saturated carbocycles. The third-order valence-corrected chi connectivity index (χ3v) is 4.31. The average molecular weight is 322 g/mol. The molecule has 0 radical (unpaired) electrons. The zero-order valence-corrected chi connectivity index (χ0v) is 12.8. The van der Waals surface area contributed by atoms with Gasteiger partial charge in [-0.15, -0.1) is 0 Å². The molecule has 0 N–H and O–H groups in total. The number of halogens is 1. The highest BCUT2D eigenvalue weighted by atomic mass is 35.5. The molecule has 0 heterocycles. The molecule has 2 aromatic carbocycles. The Morgan fingerprint density at radius 1 is 1.19 bits per heavy atom. The van der Waals surface area contributed by atoms with Crippen LogP contribution in [-0.2, 0) is 16.4 Å². The van der Waals surface area contributed by atoms with Gasteiger partial charge in [0.1, 0.15) is 12.4 Å². The first-order valence-electron chi connectivity index (χ1n) is 6.01. The molecule has 0 fully saturated rings. The van der Waals surface area contributed by atoms with Crippen LogP contribution in [0.5, 0.6) is 5.75 Å². The smallest absolute Gasteiger partial charge is 0.175 e. The molecule has 21 heavy (non-hydrogen) atoms. The van der Waals surface area contributed by atoms with E-state index in [-0.39, 0.29) is 11.5 Å². The van der Waals surface area contributed by atoms with E-state index < -0.39 is 9.84 Å². The van der Waals surface area contributed by atoms with Gasteiger partial charge in [-0.1, -0.05) is 17.7 Å². The minimum absolute atomic E-state index is 0.239. The van der Waals surface area contributed by atoms with Crippen LogP contribution in [0.15, 0.2) is 47.4 Å². The fourth-order valence-corrected chi connectivity index (χ4v) is 2.54. The Balaban J connectivity index is 2.09. The van der Waals surface area contributed by atoms with Gasteiger partial charge >= 0.3 is 0 Å². The van der Waals surface area contributed by atoms with Crippen molar-refractivity contribution in [3.63, 3.8) is 0 Å². The third kappa shape index (κ3) is 3.97. The summed E-state index contributed by atoms with van der Waals surface area (Å²) in [5, 5.41) is 9.22. The number of hydrogen-bond acceptors (Lipinski definition) is 4. The Hall–Kier alpha value is -2.03. The van der Waals surface area contributed by atoms with Crippen LogP contribution in [0.3, 0.4) is 0 Å². The van der Waals surface area contributed by atoms with Crippen molar-refractivity contribution < 1.29 is 13.2 Å². The molecule has 108 valence electrons. The van der Waals surface area contributed by atoms with E-state index in [2.05, 4.69) is 0 Å². The monoisotopic (exact) mass is 321 g/mol. The van der Waals surface area contributed by atoms with Gasteiger partial charge in [0.25, 0.3) is 0 Å². The van der Waals surface area contributed by atoms with Crippen LogP contribution < -0.4 is 4.74 Å². The number of ether oxygens (including phenoxy) is 1. The van der Waals surface area contributed by atoms with Gasteiger partial charge in [-0.25, -0.2) is 8.42 Å². The van der Waals surface area contributed by atoms with E-state index in [1.54, 1.807) is 30.3 Å². The summed E-state index contributed by atoms with van der Waals surface area (Å²) in [7, 11) is -3.21. The maximum absolute atomic E-state index is 11.3. The summed E-state index contributed by atoms with van der Waals surface area (Å²) < 4.78 is 28.2. The van der Waals surface area contributed by atoms with Gasteiger partial charge in [-0.05, 0) is 36.4 Å². The van der Waals surface area contributed by atoms with E-state index in [0.717, 1.165) is 11.8 Å². The molecule has 0 amide bonds. The number of nitrogens with zero attached hydrogens (tertiary/aromatic N) is 1. The number of hydrogen-bond donors (Lipinski definition) is 0. The topological polar surface area (TPSA) is 67.2 Å². The van der Waals surface area contributed by atoms with Gasteiger partial charge < -0.3 is 4.74 Å². The van der Waals surface area contributed by atoms with Crippen molar-refractivity contribution in [3.8, 4) is 11.8 Å². The predicted molar refractivity (Wildman–Crippen MR) is 80.1 cm³/mol. The Bertz CT molecular complexity index is 793. The fraction of sp³-hybridized carbons (Fsp3) is 0.133. The third-order valence-electron chi connectivity index (χ3n) is 2.83. The lowest BCUT2D eigenvalue weighted by Gasteiger charge is -2.08. The second kappa shape index (κ2) is 6.17. The van der Waals surface area contributed by atoms with Crippen molar-refractivity contribution in [2.24, 2.45) is 0 Å². The molecule has 0 unspecified atom stereocenters. The molecule has 2 aromatic rings. The average Bonchev–Trinajstić information content (AvgIpc) is 2.45. The lowest BCUT2D eigenvalue weighted by Crippen LogP contribution is -1.99. The Labute approximate surface area is 128 Å². The second-order valence-corrected chi connectivity index (χ2v) is 6.87. The number of sulfone groups is 1. The van der Waals surface area contributed by atoms with Crippen molar-refractivity contribution >= 4 is 21.4 Å². The first-order valence-corrected chi connectivity index (χ1v) is 8.28. The van der Waals surface area contributed by atoms with Crippen molar-refractivity contribution in [1.29, 1.82) is 5.26 Å². The van der Waals surface area contributed by atoms with E-state index in [1.165, 1.54) is 12.1 Å². The highest BCUT2D eigenvalue weighted by Gasteiger charge is 2.07. The Morgan fingerprint density at radius 3 is 2.38 bits per heavy atom. The minimum atomic E-state index is -3.21. The summed E-state index contributed by atoms with van der Waals surface area (Å²) in [5.41, 5.74) is 1.24. The molecular formula is C15H12ClNO3S. The molecule has 0 aliphatic carbocycles. The lowest BCUT2D eigenvalue weighted by atomic mass is 10.1. The molecule has 0 atom stereocenters. The predicted octanol–water partition coefficient (Wildman–Crippen LogP) is 3.19. The van der Waals surface area contributed by atoms with Crippen LogP contribution in [0.1, 0.15) is 11.1 Å². The summed E-state index contributed by atoms with van der Waals surface area (Å²) in [5.74, 6) is 0.544. The molecule has 0 bridgehead atoms. The van der Waals surface area contributed by atoms with Crippen LogP contribution in [0, 0.1) is 11.3 Å². The van der Waals surface area contributed by atoms with Crippen LogP contribution in [0.4, 0.5) is 0 Å². The first-order chi connectivity index (χ1) is 9.90. The highest BCUT2D eigenvalue weighted by Crippen LogP contribution is 2.21. The molecule has 0 aromatic heterocycles. The van der Waals surface area contributed by atoms with Crippen LogP contribution in [0.25, 0.3) is 0 Å². The fourth-order valence-electron chi connectivity index (χ4n) is 1.68. The quantitative estimate of drug-likeness (QED) is 0.867. The molecule has 0 saturated heterocycles. The molecule has 0 aliphatic rings. The van der Waals surface area contributed by atoms with Crippen molar-refractivity contribution in [1.82, 2.24) is 0 Å². The van der Waals surface area contributed by atoms with E-state index in [4.69, 9.17) is 21.6 Å². The number of benzene rings is 2. The molecule has 2 rings (SSSR count). The summed E-state index contributed by atoms with van der Waals surface area (Å²) >= 11 is 6.05. The Morgan fingerprint density at radius 2 is 1.86 bits per heavy atom.